The zero-order valence-electron chi connectivity index (χ0n) is 13.7. The summed E-state index contributed by atoms with van der Waals surface area (Å²) in [6, 6.07) is 1.03. The van der Waals surface area contributed by atoms with E-state index in [4.69, 9.17) is 4.74 Å². The van der Waals surface area contributed by atoms with Crippen molar-refractivity contribution in [1.82, 2.24) is 5.32 Å². The topological polar surface area (TPSA) is 64.6 Å². The number of alkyl carbamates (subject to hydrolysis) is 1. The van der Waals surface area contributed by atoms with E-state index >= 15 is 0 Å². The monoisotopic (exact) mass is 345 g/mol. The first-order valence-electron chi connectivity index (χ1n) is 6.93. The van der Waals surface area contributed by atoms with Crippen molar-refractivity contribution in [2.45, 2.75) is 32.8 Å². The van der Waals surface area contributed by atoms with Crippen LogP contribution in [0.5, 0.6) is 0 Å². The Bertz CT molecular complexity index is 666. The number of benzene rings is 1. The standard InChI is InChI=1S/C16H18F3NO4/c1-16(2,3)24-15(22)20-10(7-14(21)23-4)5-9-6-12(18)13(19)8-11(9)17/h6-8H,5H2,1-4H3,(H,20,22). The average Bonchev–Trinajstić information content (AvgIpc) is 2.42. The number of esters is 1. The highest BCUT2D eigenvalue weighted by Crippen LogP contribution is 2.17. The van der Waals surface area contributed by atoms with Crippen LogP contribution in [-0.2, 0) is 20.7 Å². The molecule has 0 spiro atoms. The van der Waals surface area contributed by atoms with Gasteiger partial charge in [0, 0.05) is 24.3 Å². The van der Waals surface area contributed by atoms with Gasteiger partial charge in [-0.25, -0.2) is 22.8 Å². The third kappa shape index (κ3) is 6.31. The van der Waals surface area contributed by atoms with Gasteiger partial charge in [0.1, 0.15) is 11.4 Å². The number of hydrogen-bond donors (Lipinski definition) is 1. The molecule has 5 nitrogen and oxygen atoms in total. The first-order valence-corrected chi connectivity index (χ1v) is 6.93. The molecule has 0 aliphatic carbocycles. The minimum Gasteiger partial charge on any atom is -0.466 e. The van der Waals surface area contributed by atoms with Crippen molar-refractivity contribution in [3.8, 4) is 0 Å². The summed E-state index contributed by atoms with van der Waals surface area (Å²) in [7, 11) is 1.11. The molecule has 0 radical (unpaired) electrons. The van der Waals surface area contributed by atoms with Gasteiger partial charge in [0.15, 0.2) is 11.6 Å². The highest BCUT2D eigenvalue weighted by molar-refractivity contribution is 5.84. The summed E-state index contributed by atoms with van der Waals surface area (Å²) in [4.78, 5) is 23.1. The molecule has 8 heteroatoms. The number of halogens is 3. The first-order chi connectivity index (χ1) is 11.0. The number of carbonyl (C=O) groups is 2. The number of ether oxygens (including phenoxy) is 2. The van der Waals surface area contributed by atoms with Gasteiger partial charge in [0.25, 0.3) is 0 Å². The Morgan fingerprint density at radius 3 is 2.25 bits per heavy atom. The Morgan fingerprint density at radius 2 is 1.71 bits per heavy atom. The molecule has 0 saturated carbocycles. The van der Waals surface area contributed by atoms with Gasteiger partial charge in [-0.15, -0.1) is 0 Å². The third-order valence-electron chi connectivity index (χ3n) is 2.62. The molecule has 0 aliphatic rings. The van der Waals surface area contributed by atoms with Crippen LogP contribution in [0.25, 0.3) is 0 Å². The summed E-state index contributed by atoms with van der Waals surface area (Å²) < 4.78 is 49.4. The van der Waals surface area contributed by atoms with Crippen LogP contribution in [0.1, 0.15) is 26.3 Å². The molecule has 24 heavy (non-hydrogen) atoms. The lowest BCUT2D eigenvalue weighted by atomic mass is 10.1. The fraction of sp³-hybridized carbons (Fsp3) is 0.375. The number of methoxy groups -OCH3 is 1. The van der Waals surface area contributed by atoms with Gasteiger partial charge in [0.2, 0.25) is 0 Å². The van der Waals surface area contributed by atoms with E-state index < -0.39 is 35.1 Å². The normalized spacial score (nSPS) is 11.9. The maximum Gasteiger partial charge on any atom is 0.411 e. The highest BCUT2D eigenvalue weighted by atomic mass is 19.2. The smallest absolute Gasteiger partial charge is 0.411 e. The first kappa shape index (κ1) is 19.5. The van der Waals surface area contributed by atoms with Gasteiger partial charge >= 0.3 is 12.1 Å². The molecule has 0 aliphatic heterocycles. The quantitative estimate of drug-likeness (QED) is 0.517. The van der Waals surface area contributed by atoms with Crippen LogP contribution in [0, 0.1) is 17.5 Å². The molecule has 0 fully saturated rings. The average molecular weight is 345 g/mol. The van der Waals surface area contributed by atoms with Crippen molar-refractivity contribution in [2.24, 2.45) is 0 Å². The number of allylic oxidation sites excluding steroid dienone is 1. The Kier molecular flexibility index (Phi) is 6.39. The van der Waals surface area contributed by atoms with Gasteiger partial charge in [0.05, 0.1) is 7.11 Å². The Labute approximate surface area is 137 Å². The van der Waals surface area contributed by atoms with E-state index in [0.717, 1.165) is 13.2 Å². The largest absolute Gasteiger partial charge is 0.466 e. The molecule has 0 bridgehead atoms. The fourth-order valence-electron chi connectivity index (χ4n) is 1.67. The van der Waals surface area contributed by atoms with Gasteiger partial charge < -0.3 is 9.47 Å². The summed E-state index contributed by atoms with van der Waals surface area (Å²) >= 11 is 0. The van der Waals surface area contributed by atoms with Crippen LogP contribution in [0.2, 0.25) is 0 Å². The molecular weight excluding hydrogens is 327 g/mol. The minimum absolute atomic E-state index is 0.0963. The van der Waals surface area contributed by atoms with Crippen molar-refractivity contribution in [2.75, 3.05) is 7.11 Å². The molecule has 1 aromatic carbocycles. The molecule has 132 valence electrons. The molecule has 0 unspecified atom stereocenters. The zero-order valence-corrected chi connectivity index (χ0v) is 13.7. The Balaban J connectivity index is 3.04. The molecule has 0 aromatic heterocycles. The molecule has 1 N–H and O–H groups in total. The summed E-state index contributed by atoms with van der Waals surface area (Å²) in [5.41, 5.74) is -1.14. The van der Waals surface area contributed by atoms with Gasteiger partial charge in [-0.05, 0) is 32.4 Å². The lowest BCUT2D eigenvalue weighted by Gasteiger charge is -2.20. The second kappa shape index (κ2) is 7.85. The van der Waals surface area contributed by atoms with Crippen LogP contribution < -0.4 is 5.32 Å². The van der Waals surface area contributed by atoms with Crippen molar-refractivity contribution in [1.29, 1.82) is 0 Å². The molecule has 0 saturated heterocycles. The van der Waals surface area contributed by atoms with Crippen molar-refractivity contribution < 1.29 is 32.2 Å². The second-order valence-electron chi connectivity index (χ2n) is 5.85. The summed E-state index contributed by atoms with van der Waals surface area (Å²) in [5, 5.41) is 2.26. The Morgan fingerprint density at radius 1 is 1.12 bits per heavy atom. The van der Waals surface area contributed by atoms with Gasteiger partial charge in [-0.3, -0.25) is 5.32 Å². The number of amides is 1. The molecule has 0 atom stereocenters. The maximum atomic E-state index is 13.7. The van der Waals surface area contributed by atoms with E-state index in [-0.39, 0.29) is 17.7 Å². The van der Waals surface area contributed by atoms with Crippen molar-refractivity contribution in [3.05, 3.63) is 46.9 Å². The molecule has 1 aromatic rings. The minimum atomic E-state index is -1.34. The van der Waals surface area contributed by atoms with Crippen molar-refractivity contribution >= 4 is 12.1 Å². The lowest BCUT2D eigenvalue weighted by Crippen LogP contribution is -2.33. The van der Waals surface area contributed by atoms with Crippen LogP contribution in [0.3, 0.4) is 0 Å². The molecular formula is C16H18F3NO4. The number of hydrogen-bond acceptors (Lipinski definition) is 4. The number of rotatable bonds is 4. The fourth-order valence-corrected chi connectivity index (χ4v) is 1.67. The van der Waals surface area contributed by atoms with Crippen LogP contribution >= 0.6 is 0 Å². The summed E-state index contributed by atoms with van der Waals surface area (Å²) in [6.45, 7) is 4.89. The predicted molar refractivity (Wildman–Crippen MR) is 79.5 cm³/mol. The maximum absolute atomic E-state index is 13.7. The second-order valence-corrected chi connectivity index (χ2v) is 5.85. The van der Waals surface area contributed by atoms with E-state index in [2.05, 4.69) is 10.1 Å². The SMILES string of the molecule is COC(=O)C=C(Cc1cc(F)c(F)cc1F)NC(=O)OC(C)(C)C. The van der Waals surface area contributed by atoms with Gasteiger partial charge in [-0.2, -0.15) is 0 Å². The summed E-state index contributed by atoms with van der Waals surface area (Å²) in [5.74, 6) is -4.42. The van der Waals surface area contributed by atoms with Gasteiger partial charge in [-0.1, -0.05) is 0 Å². The van der Waals surface area contributed by atoms with Crippen molar-refractivity contribution in [3.63, 3.8) is 0 Å². The van der Waals surface area contributed by atoms with E-state index in [1.165, 1.54) is 0 Å². The van der Waals surface area contributed by atoms with E-state index in [1.54, 1.807) is 20.8 Å². The van der Waals surface area contributed by atoms with Crippen LogP contribution in [-0.4, -0.2) is 24.8 Å². The van der Waals surface area contributed by atoms with Crippen LogP contribution in [0.15, 0.2) is 23.9 Å². The molecule has 0 heterocycles. The predicted octanol–water partition coefficient (Wildman–Crippen LogP) is 3.23. The zero-order chi connectivity index (χ0) is 18.5. The molecule has 1 amide bonds. The molecule has 1 rings (SSSR count). The number of nitrogens with one attached hydrogen (secondary N) is 1. The highest BCUT2D eigenvalue weighted by Gasteiger charge is 2.19. The Hall–Kier alpha value is -2.51. The van der Waals surface area contributed by atoms with Crippen LogP contribution in [0.4, 0.5) is 18.0 Å². The van der Waals surface area contributed by atoms with E-state index in [9.17, 15) is 22.8 Å². The summed E-state index contributed by atoms with van der Waals surface area (Å²) in [6.07, 6.45) is -0.372. The third-order valence-corrected chi connectivity index (χ3v) is 2.62. The van der Waals surface area contributed by atoms with E-state index in [0.29, 0.717) is 12.1 Å². The number of carbonyl (C=O) groups excluding carboxylic acids is 2. The lowest BCUT2D eigenvalue weighted by molar-refractivity contribution is -0.134. The van der Waals surface area contributed by atoms with E-state index in [1.807, 2.05) is 0 Å².